The third kappa shape index (κ3) is 3.15. The maximum absolute atomic E-state index is 14.2. The summed E-state index contributed by atoms with van der Waals surface area (Å²) in [5.74, 6) is 0.361. The molecule has 9 heteroatoms. The van der Waals surface area contributed by atoms with Crippen LogP contribution in [0.15, 0.2) is 29.3 Å². The lowest BCUT2D eigenvalue weighted by Gasteiger charge is -2.39. The van der Waals surface area contributed by atoms with Gasteiger partial charge in [-0.05, 0) is 55.7 Å². The minimum Gasteiger partial charge on any atom is -0.496 e. The quantitative estimate of drug-likeness (QED) is 0.580. The largest absolute Gasteiger partial charge is 0.496 e. The highest BCUT2D eigenvalue weighted by Gasteiger charge is 2.52. The predicted octanol–water partition coefficient (Wildman–Crippen LogP) is 3.00. The Morgan fingerprint density at radius 1 is 1.29 bits per heavy atom. The second kappa shape index (κ2) is 7.91. The molecule has 8 nitrogen and oxygen atoms in total. The Morgan fingerprint density at radius 2 is 2.06 bits per heavy atom. The number of allylic oxidation sites excluding steroid dienone is 1. The van der Waals surface area contributed by atoms with E-state index < -0.39 is 10.8 Å². The van der Waals surface area contributed by atoms with Crippen LogP contribution in [0.5, 0.6) is 5.75 Å². The Hall–Kier alpha value is -3.26. The zero-order valence-electron chi connectivity index (χ0n) is 20.0. The summed E-state index contributed by atoms with van der Waals surface area (Å²) in [5.41, 5.74) is 4.53. The second-order valence-corrected chi connectivity index (χ2v) is 9.77. The van der Waals surface area contributed by atoms with Gasteiger partial charge in [-0.3, -0.25) is 14.3 Å². The first-order valence-corrected chi connectivity index (χ1v) is 11.7. The molecule has 3 aromatic rings. The fraction of sp³-hybridized carbons (Fsp3) is 0.400. The topological polar surface area (TPSA) is 85.2 Å². The van der Waals surface area contributed by atoms with Crippen LogP contribution in [0.1, 0.15) is 40.7 Å². The summed E-state index contributed by atoms with van der Waals surface area (Å²) in [5, 5.41) is 3.77. The average molecular weight is 482 g/mol. The van der Waals surface area contributed by atoms with E-state index in [0.29, 0.717) is 30.1 Å². The Balaban J connectivity index is 1.62. The molecule has 5 rings (SSSR count). The first-order chi connectivity index (χ1) is 16.2. The van der Waals surface area contributed by atoms with Gasteiger partial charge >= 0.3 is 0 Å². The van der Waals surface area contributed by atoms with Gasteiger partial charge in [-0.15, -0.1) is 11.6 Å². The van der Waals surface area contributed by atoms with Gasteiger partial charge in [-0.1, -0.05) is 0 Å². The summed E-state index contributed by atoms with van der Waals surface area (Å²) in [7, 11) is 3.41. The molecule has 1 amide bonds. The predicted molar refractivity (Wildman–Crippen MR) is 131 cm³/mol. The van der Waals surface area contributed by atoms with Gasteiger partial charge in [0.15, 0.2) is 0 Å². The van der Waals surface area contributed by atoms with E-state index in [1.165, 1.54) is 7.11 Å². The Morgan fingerprint density at radius 3 is 2.74 bits per heavy atom. The maximum Gasteiger partial charge on any atom is 0.256 e. The molecule has 1 aliphatic heterocycles. The summed E-state index contributed by atoms with van der Waals surface area (Å²) in [6.07, 6.45) is 5.89. The van der Waals surface area contributed by atoms with Crippen molar-refractivity contribution in [1.82, 2.24) is 24.2 Å². The molecule has 0 saturated heterocycles. The van der Waals surface area contributed by atoms with Crippen molar-refractivity contribution < 1.29 is 9.53 Å². The minimum absolute atomic E-state index is 0.112. The number of aryl methyl sites for hydroxylation is 3. The summed E-state index contributed by atoms with van der Waals surface area (Å²) in [6.45, 7) is 6.91. The normalized spacial score (nSPS) is 21.8. The molecular weight excluding hydrogens is 454 g/mol. The monoisotopic (exact) mass is 481 g/mol. The van der Waals surface area contributed by atoms with Crippen LogP contribution < -0.4 is 10.3 Å². The number of aromatic amines is 1. The molecule has 178 valence electrons. The van der Waals surface area contributed by atoms with Gasteiger partial charge in [0.1, 0.15) is 11.2 Å². The summed E-state index contributed by atoms with van der Waals surface area (Å²) in [4.78, 5) is 31.6. The summed E-state index contributed by atoms with van der Waals surface area (Å²) >= 11 is 7.20. The first kappa shape index (κ1) is 22.5. The highest BCUT2D eigenvalue weighted by molar-refractivity contribution is 6.31. The number of ether oxygens (including phenoxy) is 1. The van der Waals surface area contributed by atoms with E-state index in [9.17, 15) is 9.59 Å². The molecule has 3 aromatic heterocycles. The van der Waals surface area contributed by atoms with E-state index in [4.69, 9.17) is 16.3 Å². The standard InChI is InChI=1S/C25H28ClN5O3/c1-14-12-27-29(4)20(14)17-11-16-6-7-30-8-9-31(24(33)25(3,21(17)26)22(16)30)13-18-19(34-5)10-15(2)28-23(18)32/h6-7,10-12,21H,8-9,13H2,1-5H3,(H,28,32). The Bertz CT molecular complexity index is 1380. The van der Waals surface area contributed by atoms with E-state index in [1.54, 1.807) is 28.8 Å². The van der Waals surface area contributed by atoms with E-state index >= 15 is 0 Å². The van der Waals surface area contributed by atoms with Crippen LogP contribution in [0.2, 0.25) is 0 Å². The third-order valence-corrected chi connectivity index (χ3v) is 7.79. The molecule has 4 heterocycles. The summed E-state index contributed by atoms with van der Waals surface area (Å²) < 4.78 is 9.39. The first-order valence-electron chi connectivity index (χ1n) is 11.3. The number of rotatable bonds is 4. The zero-order valence-corrected chi connectivity index (χ0v) is 20.7. The molecule has 2 aliphatic rings. The number of amides is 1. The molecular formula is C25H28ClN5O3. The molecule has 2 unspecified atom stereocenters. The summed E-state index contributed by atoms with van der Waals surface area (Å²) in [6, 6.07) is 3.82. The van der Waals surface area contributed by atoms with Crippen molar-refractivity contribution in [2.45, 2.75) is 44.7 Å². The van der Waals surface area contributed by atoms with Crippen LogP contribution in [-0.2, 0) is 30.3 Å². The molecule has 0 saturated carbocycles. The molecule has 0 aromatic carbocycles. The SMILES string of the molecule is COc1cc(C)[nH]c(=O)c1CN1CCn2ccc3c2C(C)(C1=O)C(Cl)C(c1c(C)cnn1C)=C3. The van der Waals surface area contributed by atoms with Crippen LogP contribution in [0.25, 0.3) is 11.6 Å². The lowest BCUT2D eigenvalue weighted by Crippen LogP contribution is -2.51. The van der Waals surface area contributed by atoms with Crippen LogP contribution in [0.3, 0.4) is 0 Å². The van der Waals surface area contributed by atoms with Gasteiger partial charge in [0, 0.05) is 37.7 Å². The number of alkyl halides is 1. The number of aromatic nitrogens is 4. The Kier molecular flexibility index (Phi) is 5.24. The number of hydrogen-bond donors (Lipinski definition) is 1. The highest BCUT2D eigenvalue weighted by Crippen LogP contribution is 2.48. The van der Waals surface area contributed by atoms with Crippen molar-refractivity contribution in [3.05, 3.63) is 68.7 Å². The number of nitrogens with zero attached hydrogens (tertiary/aromatic N) is 4. The highest BCUT2D eigenvalue weighted by atomic mass is 35.5. The van der Waals surface area contributed by atoms with Gasteiger partial charge < -0.3 is 19.2 Å². The number of H-pyrrole nitrogens is 1. The molecule has 1 N–H and O–H groups in total. The average Bonchev–Trinajstić information content (AvgIpc) is 3.33. The zero-order chi connectivity index (χ0) is 24.4. The molecule has 1 aliphatic carbocycles. The van der Waals surface area contributed by atoms with Gasteiger partial charge in [-0.2, -0.15) is 5.10 Å². The van der Waals surface area contributed by atoms with Crippen molar-refractivity contribution in [3.63, 3.8) is 0 Å². The smallest absolute Gasteiger partial charge is 0.256 e. The molecule has 0 radical (unpaired) electrons. The Labute approximate surface area is 202 Å². The van der Waals surface area contributed by atoms with Crippen molar-refractivity contribution in [1.29, 1.82) is 0 Å². The molecule has 34 heavy (non-hydrogen) atoms. The van der Waals surface area contributed by atoms with Crippen molar-refractivity contribution in [2.75, 3.05) is 13.7 Å². The molecule has 0 bridgehead atoms. The van der Waals surface area contributed by atoms with Crippen LogP contribution in [0, 0.1) is 13.8 Å². The van der Waals surface area contributed by atoms with Crippen LogP contribution in [-0.4, -0.2) is 49.2 Å². The number of halogens is 1. The van der Waals surface area contributed by atoms with Gasteiger partial charge in [0.25, 0.3) is 5.56 Å². The van der Waals surface area contributed by atoms with Gasteiger partial charge in [-0.25, -0.2) is 0 Å². The lowest BCUT2D eigenvalue weighted by atomic mass is 9.72. The number of hydrogen-bond acceptors (Lipinski definition) is 4. The second-order valence-electron chi connectivity index (χ2n) is 9.33. The van der Waals surface area contributed by atoms with E-state index in [2.05, 4.69) is 20.7 Å². The number of carbonyl (C=O) groups is 1. The molecule has 0 fully saturated rings. The van der Waals surface area contributed by atoms with Crippen molar-refractivity contribution in [3.8, 4) is 5.75 Å². The van der Waals surface area contributed by atoms with E-state index in [0.717, 1.165) is 28.1 Å². The van der Waals surface area contributed by atoms with Crippen LogP contribution >= 0.6 is 11.6 Å². The fourth-order valence-corrected chi connectivity index (χ4v) is 5.80. The minimum atomic E-state index is -1.03. The molecule has 2 atom stereocenters. The van der Waals surface area contributed by atoms with E-state index in [1.807, 2.05) is 33.2 Å². The van der Waals surface area contributed by atoms with Crippen LogP contribution in [0.4, 0.5) is 0 Å². The van der Waals surface area contributed by atoms with Gasteiger partial charge in [0.2, 0.25) is 5.91 Å². The van der Waals surface area contributed by atoms with Gasteiger partial charge in [0.05, 0.1) is 36.5 Å². The number of nitrogens with one attached hydrogen (secondary N) is 1. The number of carbonyl (C=O) groups excluding carboxylic acids is 1. The third-order valence-electron chi connectivity index (χ3n) is 7.11. The maximum atomic E-state index is 14.2. The molecule has 0 spiro atoms. The number of pyridine rings is 1. The van der Waals surface area contributed by atoms with E-state index in [-0.39, 0.29) is 18.0 Å². The lowest BCUT2D eigenvalue weighted by molar-refractivity contribution is -0.136. The number of methoxy groups -OCH3 is 1. The van der Waals surface area contributed by atoms with Crippen molar-refractivity contribution in [2.24, 2.45) is 7.05 Å². The van der Waals surface area contributed by atoms with Crippen molar-refractivity contribution >= 4 is 29.2 Å². The fourth-order valence-electron chi connectivity index (χ4n) is 5.44.